The number of aromatic nitrogens is 3. The molecule has 1 unspecified atom stereocenters. The molecule has 4 rings (SSSR count). The maximum absolute atomic E-state index is 13.0. The average Bonchev–Trinajstić information content (AvgIpc) is 3.18. The molecule has 7 nitrogen and oxygen atoms in total. The molecule has 1 atom stereocenters. The van der Waals surface area contributed by atoms with E-state index in [4.69, 9.17) is 4.98 Å². The summed E-state index contributed by atoms with van der Waals surface area (Å²) in [7, 11) is 0. The first-order chi connectivity index (χ1) is 13.7. The van der Waals surface area contributed by atoms with Crippen LogP contribution in [-0.4, -0.2) is 43.8 Å². The molecule has 3 heterocycles. The molecule has 1 aromatic carbocycles. The molecule has 1 saturated heterocycles. The second-order valence-corrected chi connectivity index (χ2v) is 7.09. The average molecular weight is 380 g/mol. The SMILES string of the molecule is O=c1ccccn1CCN1CCCC1c1nc2ccccc2c(=O)n1CCO. The third kappa shape index (κ3) is 3.50. The van der Waals surface area contributed by atoms with Crippen LogP contribution in [0.15, 0.2) is 58.3 Å². The van der Waals surface area contributed by atoms with Crippen LogP contribution < -0.4 is 11.1 Å². The zero-order valence-electron chi connectivity index (χ0n) is 15.7. The molecule has 1 aliphatic rings. The summed E-state index contributed by atoms with van der Waals surface area (Å²) in [6.07, 6.45) is 3.71. The highest BCUT2D eigenvalue weighted by Crippen LogP contribution is 2.30. The third-order valence-electron chi connectivity index (χ3n) is 5.40. The van der Waals surface area contributed by atoms with E-state index in [1.54, 1.807) is 33.5 Å². The van der Waals surface area contributed by atoms with Gasteiger partial charge in [-0.05, 0) is 37.6 Å². The number of aliphatic hydroxyl groups excluding tert-OH is 1. The van der Waals surface area contributed by atoms with Gasteiger partial charge in [0, 0.05) is 25.4 Å². The normalized spacial score (nSPS) is 17.4. The molecular weight excluding hydrogens is 356 g/mol. The number of fused-ring (bicyclic) bond motifs is 1. The van der Waals surface area contributed by atoms with Gasteiger partial charge >= 0.3 is 0 Å². The molecule has 7 heteroatoms. The van der Waals surface area contributed by atoms with Crippen LogP contribution in [0.2, 0.25) is 0 Å². The second-order valence-electron chi connectivity index (χ2n) is 7.09. The Bertz CT molecular complexity index is 1090. The monoisotopic (exact) mass is 380 g/mol. The largest absolute Gasteiger partial charge is 0.395 e. The van der Waals surface area contributed by atoms with E-state index in [1.165, 1.54) is 0 Å². The van der Waals surface area contributed by atoms with E-state index in [2.05, 4.69) is 4.90 Å². The van der Waals surface area contributed by atoms with Gasteiger partial charge in [0.2, 0.25) is 0 Å². The minimum absolute atomic E-state index is 0.00303. The van der Waals surface area contributed by atoms with Crippen LogP contribution in [0.1, 0.15) is 24.7 Å². The van der Waals surface area contributed by atoms with Crippen molar-refractivity contribution in [1.82, 2.24) is 19.0 Å². The van der Waals surface area contributed by atoms with Crippen LogP contribution in [0.4, 0.5) is 0 Å². The number of benzene rings is 1. The highest BCUT2D eigenvalue weighted by molar-refractivity contribution is 5.77. The minimum Gasteiger partial charge on any atom is -0.395 e. The first-order valence-corrected chi connectivity index (χ1v) is 9.69. The number of rotatable bonds is 6. The van der Waals surface area contributed by atoms with Crippen molar-refractivity contribution in [2.75, 3.05) is 19.7 Å². The van der Waals surface area contributed by atoms with Crippen molar-refractivity contribution < 1.29 is 5.11 Å². The van der Waals surface area contributed by atoms with Gasteiger partial charge in [-0.15, -0.1) is 0 Å². The Morgan fingerprint density at radius 3 is 2.68 bits per heavy atom. The lowest BCUT2D eigenvalue weighted by Gasteiger charge is -2.26. The van der Waals surface area contributed by atoms with E-state index in [0.29, 0.717) is 29.8 Å². The van der Waals surface area contributed by atoms with Crippen molar-refractivity contribution in [2.45, 2.75) is 32.0 Å². The van der Waals surface area contributed by atoms with Crippen LogP contribution in [0, 0.1) is 0 Å². The van der Waals surface area contributed by atoms with Gasteiger partial charge in [0.1, 0.15) is 5.82 Å². The highest BCUT2D eigenvalue weighted by atomic mass is 16.3. The van der Waals surface area contributed by atoms with Crippen molar-refractivity contribution in [3.8, 4) is 0 Å². The van der Waals surface area contributed by atoms with Gasteiger partial charge in [-0.3, -0.25) is 19.1 Å². The van der Waals surface area contributed by atoms with Gasteiger partial charge in [-0.2, -0.15) is 0 Å². The number of aliphatic hydroxyl groups is 1. The van der Waals surface area contributed by atoms with Gasteiger partial charge < -0.3 is 9.67 Å². The zero-order chi connectivity index (χ0) is 19.5. The highest BCUT2D eigenvalue weighted by Gasteiger charge is 2.30. The molecular formula is C21H24N4O3. The molecule has 28 heavy (non-hydrogen) atoms. The fourth-order valence-corrected chi connectivity index (χ4v) is 4.02. The zero-order valence-corrected chi connectivity index (χ0v) is 15.7. The summed E-state index contributed by atoms with van der Waals surface area (Å²) in [4.78, 5) is 32.0. The summed E-state index contributed by atoms with van der Waals surface area (Å²) in [6, 6.07) is 12.5. The maximum Gasteiger partial charge on any atom is 0.261 e. The van der Waals surface area contributed by atoms with Gasteiger partial charge in [0.05, 0.1) is 30.1 Å². The van der Waals surface area contributed by atoms with E-state index in [9.17, 15) is 14.7 Å². The molecule has 1 fully saturated rings. The molecule has 0 aliphatic carbocycles. The molecule has 0 saturated carbocycles. The molecule has 0 spiro atoms. The lowest BCUT2D eigenvalue weighted by molar-refractivity contribution is 0.222. The minimum atomic E-state index is -0.112. The molecule has 146 valence electrons. The number of hydrogen-bond donors (Lipinski definition) is 1. The Balaban J connectivity index is 1.67. The lowest BCUT2D eigenvalue weighted by Crippen LogP contribution is -2.35. The van der Waals surface area contributed by atoms with Crippen molar-refractivity contribution in [3.63, 3.8) is 0 Å². The maximum atomic E-state index is 13.0. The van der Waals surface area contributed by atoms with Gasteiger partial charge in [0.15, 0.2) is 0 Å². The van der Waals surface area contributed by atoms with Crippen molar-refractivity contribution in [2.24, 2.45) is 0 Å². The molecule has 2 aromatic heterocycles. The molecule has 1 aliphatic heterocycles. The molecule has 3 aromatic rings. The van der Waals surface area contributed by atoms with Gasteiger partial charge in [-0.1, -0.05) is 18.2 Å². The fourth-order valence-electron chi connectivity index (χ4n) is 4.02. The van der Waals surface area contributed by atoms with E-state index in [1.807, 2.05) is 24.3 Å². The number of likely N-dealkylation sites (tertiary alicyclic amines) is 1. The van der Waals surface area contributed by atoms with E-state index < -0.39 is 0 Å². The predicted molar refractivity (Wildman–Crippen MR) is 107 cm³/mol. The van der Waals surface area contributed by atoms with Crippen molar-refractivity contribution >= 4 is 10.9 Å². The number of hydrogen-bond acceptors (Lipinski definition) is 5. The predicted octanol–water partition coefficient (Wildman–Crippen LogP) is 1.39. The number of para-hydroxylation sites is 1. The fraction of sp³-hybridized carbons (Fsp3) is 0.381. The molecule has 0 bridgehead atoms. The lowest BCUT2D eigenvalue weighted by atomic mass is 10.1. The second kappa shape index (κ2) is 8.08. The summed E-state index contributed by atoms with van der Waals surface area (Å²) in [5.41, 5.74) is 0.558. The van der Waals surface area contributed by atoms with E-state index in [0.717, 1.165) is 19.4 Å². The molecule has 1 N–H and O–H groups in total. The van der Waals surface area contributed by atoms with Crippen molar-refractivity contribution in [3.05, 3.63) is 75.2 Å². The summed E-state index contributed by atoms with van der Waals surface area (Å²) in [6.45, 7) is 2.31. The first kappa shape index (κ1) is 18.6. The number of nitrogens with zero attached hydrogens (tertiary/aromatic N) is 4. The van der Waals surface area contributed by atoms with Gasteiger partial charge in [-0.25, -0.2) is 4.98 Å². The Kier molecular flexibility index (Phi) is 5.36. The van der Waals surface area contributed by atoms with E-state index >= 15 is 0 Å². The molecule has 0 amide bonds. The Labute approximate surface area is 162 Å². The van der Waals surface area contributed by atoms with Crippen LogP contribution in [0.5, 0.6) is 0 Å². The van der Waals surface area contributed by atoms with Crippen molar-refractivity contribution in [1.29, 1.82) is 0 Å². The Hall–Kier alpha value is -2.77. The number of pyridine rings is 1. The summed E-state index contributed by atoms with van der Waals surface area (Å²) >= 11 is 0. The summed E-state index contributed by atoms with van der Waals surface area (Å²) in [5.74, 6) is 0.704. The van der Waals surface area contributed by atoms with Crippen LogP contribution >= 0.6 is 0 Å². The topological polar surface area (TPSA) is 80.4 Å². The third-order valence-corrected chi connectivity index (χ3v) is 5.40. The Morgan fingerprint density at radius 1 is 1.04 bits per heavy atom. The van der Waals surface area contributed by atoms with Crippen LogP contribution in [-0.2, 0) is 13.1 Å². The van der Waals surface area contributed by atoms with Crippen LogP contribution in [0.25, 0.3) is 10.9 Å². The van der Waals surface area contributed by atoms with E-state index in [-0.39, 0.29) is 30.3 Å². The van der Waals surface area contributed by atoms with Gasteiger partial charge in [0.25, 0.3) is 11.1 Å². The molecule has 0 radical (unpaired) electrons. The summed E-state index contributed by atoms with van der Waals surface area (Å²) < 4.78 is 3.31. The first-order valence-electron chi connectivity index (χ1n) is 9.69. The Morgan fingerprint density at radius 2 is 1.86 bits per heavy atom. The van der Waals surface area contributed by atoms with Crippen LogP contribution in [0.3, 0.4) is 0 Å². The standard InChI is InChI=1S/C21H24N4O3/c26-15-14-25-20(22-17-7-2-1-6-16(17)21(25)28)18-8-5-11-23(18)12-13-24-10-4-3-9-19(24)27/h1-4,6-7,9-10,18,26H,5,8,11-15H2. The quantitative estimate of drug-likeness (QED) is 0.699. The smallest absolute Gasteiger partial charge is 0.261 e. The summed E-state index contributed by atoms with van der Waals surface area (Å²) in [5, 5.41) is 10.1.